The molecule has 0 unspecified atom stereocenters. The molecule has 0 aliphatic heterocycles. The number of imidazole rings is 1. The minimum atomic E-state index is -0.541. The summed E-state index contributed by atoms with van der Waals surface area (Å²) in [6, 6.07) is 23.1. The molecule has 0 bridgehead atoms. The number of hydrogen-bond donors (Lipinski definition) is 2. The lowest BCUT2D eigenvalue weighted by atomic mass is 9.83. The summed E-state index contributed by atoms with van der Waals surface area (Å²) < 4.78 is 18.0. The zero-order chi connectivity index (χ0) is 32.2. The fourth-order valence-electron chi connectivity index (χ4n) is 6.52. The van der Waals surface area contributed by atoms with Crippen LogP contribution >= 0.6 is 0 Å². The molecule has 0 spiro atoms. The van der Waals surface area contributed by atoms with Crippen molar-refractivity contribution in [2.24, 2.45) is 5.92 Å². The van der Waals surface area contributed by atoms with Crippen molar-refractivity contribution < 1.29 is 14.0 Å². The van der Waals surface area contributed by atoms with E-state index in [1.807, 2.05) is 76.1 Å². The first kappa shape index (κ1) is 30.3. The zero-order valence-corrected chi connectivity index (χ0v) is 26.0. The number of aromatic nitrogens is 5. The molecule has 238 valence electrons. The van der Waals surface area contributed by atoms with Crippen LogP contribution in [0.1, 0.15) is 71.4 Å². The molecule has 1 saturated carbocycles. The van der Waals surface area contributed by atoms with Crippen LogP contribution in [0.15, 0.2) is 97.6 Å². The number of carbonyl (C=O) groups is 2. The molecular formula is C37H36FN7O2. The minimum Gasteiger partial charge on any atom is -0.348 e. The van der Waals surface area contributed by atoms with Gasteiger partial charge in [0.2, 0.25) is 0 Å². The highest BCUT2D eigenvalue weighted by Gasteiger charge is 2.24. The first-order valence-corrected chi connectivity index (χ1v) is 16.2. The van der Waals surface area contributed by atoms with Gasteiger partial charge in [-0.2, -0.15) is 5.10 Å². The lowest BCUT2D eigenvalue weighted by Gasteiger charge is -2.29. The highest BCUT2D eigenvalue weighted by atomic mass is 19.1. The number of benzene rings is 2. The number of carbonyl (C=O) groups excluding carboxylic acids is 2. The van der Waals surface area contributed by atoms with Gasteiger partial charge in [0.1, 0.15) is 23.0 Å². The fraction of sp³-hybridized carbons (Fsp3) is 0.270. The van der Waals surface area contributed by atoms with Crippen molar-refractivity contribution in [3.8, 4) is 0 Å². The summed E-state index contributed by atoms with van der Waals surface area (Å²) in [7, 11) is 0. The third-order valence-electron chi connectivity index (χ3n) is 9.03. The highest BCUT2D eigenvalue weighted by Crippen LogP contribution is 2.30. The molecule has 7 rings (SSSR count). The predicted octanol–water partition coefficient (Wildman–Crippen LogP) is 7.35. The van der Waals surface area contributed by atoms with E-state index in [-0.39, 0.29) is 23.3 Å². The van der Waals surface area contributed by atoms with Crippen LogP contribution in [0.25, 0.3) is 16.6 Å². The van der Waals surface area contributed by atoms with E-state index in [9.17, 15) is 14.0 Å². The van der Waals surface area contributed by atoms with Gasteiger partial charge in [-0.25, -0.2) is 14.4 Å². The molecule has 9 nitrogen and oxygen atoms in total. The van der Waals surface area contributed by atoms with Crippen molar-refractivity contribution in [3.05, 3.63) is 120 Å². The van der Waals surface area contributed by atoms with E-state index in [1.54, 1.807) is 6.20 Å². The fourth-order valence-corrected chi connectivity index (χ4v) is 6.52. The van der Waals surface area contributed by atoms with Crippen LogP contribution in [0, 0.1) is 11.7 Å². The third-order valence-corrected chi connectivity index (χ3v) is 9.03. The summed E-state index contributed by atoms with van der Waals surface area (Å²) in [6.45, 7) is 0.664. The lowest BCUT2D eigenvalue weighted by Crippen LogP contribution is -2.37. The van der Waals surface area contributed by atoms with Crippen LogP contribution in [0.2, 0.25) is 0 Å². The highest BCUT2D eigenvalue weighted by molar-refractivity contribution is 6.01. The number of nitrogens with zero attached hydrogens (tertiary/aromatic N) is 5. The van der Waals surface area contributed by atoms with E-state index in [0.29, 0.717) is 36.8 Å². The maximum absolute atomic E-state index is 14.3. The average Bonchev–Trinajstić information content (AvgIpc) is 3.71. The molecule has 0 radical (unpaired) electrons. The number of nitrogens with one attached hydrogen (secondary N) is 2. The Balaban J connectivity index is 0.911. The topological polar surface area (TPSA) is 106 Å². The predicted molar refractivity (Wildman–Crippen MR) is 179 cm³/mol. The van der Waals surface area contributed by atoms with E-state index < -0.39 is 5.82 Å². The number of anilines is 2. The van der Waals surface area contributed by atoms with Gasteiger partial charge in [-0.1, -0.05) is 42.8 Å². The molecule has 0 saturated heterocycles. The summed E-state index contributed by atoms with van der Waals surface area (Å²) in [4.78, 5) is 34.7. The molecule has 4 heterocycles. The summed E-state index contributed by atoms with van der Waals surface area (Å²) in [5.41, 5.74) is 4.32. The smallest absolute Gasteiger partial charge is 0.271 e. The van der Waals surface area contributed by atoms with Gasteiger partial charge >= 0.3 is 0 Å². The minimum absolute atomic E-state index is 0.120. The molecule has 1 fully saturated rings. The normalized spacial score (nSPS) is 16.4. The van der Waals surface area contributed by atoms with Crippen LogP contribution < -0.4 is 10.6 Å². The molecule has 1 amide bonds. The summed E-state index contributed by atoms with van der Waals surface area (Å²) in [5.74, 6) is 0.0114. The largest absolute Gasteiger partial charge is 0.348 e. The van der Waals surface area contributed by atoms with Gasteiger partial charge in [0, 0.05) is 35.9 Å². The summed E-state index contributed by atoms with van der Waals surface area (Å²) >= 11 is 0. The van der Waals surface area contributed by atoms with E-state index >= 15 is 0 Å². The summed E-state index contributed by atoms with van der Waals surface area (Å²) in [6.07, 6.45) is 12.3. The third kappa shape index (κ3) is 7.06. The molecule has 47 heavy (non-hydrogen) atoms. The number of halogens is 1. The van der Waals surface area contributed by atoms with Crippen molar-refractivity contribution >= 4 is 39.7 Å². The van der Waals surface area contributed by atoms with Gasteiger partial charge in [-0.3, -0.25) is 14.3 Å². The van der Waals surface area contributed by atoms with Gasteiger partial charge in [-0.15, -0.1) is 0 Å². The average molecular weight is 630 g/mol. The van der Waals surface area contributed by atoms with Crippen LogP contribution in [-0.4, -0.2) is 41.9 Å². The van der Waals surface area contributed by atoms with Crippen LogP contribution in [0.5, 0.6) is 0 Å². The Morgan fingerprint density at radius 2 is 1.77 bits per heavy atom. The van der Waals surface area contributed by atoms with Crippen molar-refractivity contribution in [1.82, 2.24) is 29.5 Å². The molecule has 6 aromatic rings. The summed E-state index contributed by atoms with van der Waals surface area (Å²) in [5, 5.41) is 11.9. The molecule has 4 aromatic heterocycles. The van der Waals surface area contributed by atoms with Crippen LogP contribution in [0.3, 0.4) is 0 Å². The van der Waals surface area contributed by atoms with Gasteiger partial charge in [0.15, 0.2) is 5.78 Å². The van der Waals surface area contributed by atoms with E-state index in [0.717, 1.165) is 66.1 Å². The molecular weight excluding hydrogens is 593 g/mol. The number of amides is 1. The van der Waals surface area contributed by atoms with Gasteiger partial charge in [0.25, 0.3) is 5.91 Å². The Morgan fingerprint density at radius 3 is 2.60 bits per heavy atom. The second-order valence-electron chi connectivity index (χ2n) is 12.3. The maximum atomic E-state index is 14.3. The monoisotopic (exact) mass is 629 g/mol. The molecule has 0 atom stereocenters. The molecule has 2 aromatic carbocycles. The van der Waals surface area contributed by atoms with Gasteiger partial charge in [-0.05, 0) is 80.0 Å². The number of pyridine rings is 2. The number of rotatable bonds is 11. The Labute approximate surface area is 271 Å². The van der Waals surface area contributed by atoms with E-state index in [1.165, 1.54) is 6.07 Å². The van der Waals surface area contributed by atoms with Crippen molar-refractivity contribution in [2.75, 3.05) is 5.32 Å². The van der Waals surface area contributed by atoms with Gasteiger partial charge < -0.3 is 15.0 Å². The molecule has 1 aliphatic rings. The Bertz CT molecular complexity index is 2000. The maximum Gasteiger partial charge on any atom is 0.271 e. The Hall–Kier alpha value is -5.38. The van der Waals surface area contributed by atoms with Crippen molar-refractivity contribution in [2.45, 2.75) is 57.5 Å². The second kappa shape index (κ2) is 13.5. The van der Waals surface area contributed by atoms with Crippen molar-refractivity contribution in [3.63, 3.8) is 0 Å². The Kier molecular flexibility index (Phi) is 8.73. The van der Waals surface area contributed by atoms with Crippen LogP contribution in [0.4, 0.5) is 15.9 Å². The first-order valence-electron chi connectivity index (χ1n) is 16.2. The van der Waals surface area contributed by atoms with E-state index in [2.05, 4.69) is 37.8 Å². The van der Waals surface area contributed by atoms with Gasteiger partial charge in [0.05, 0.1) is 30.0 Å². The van der Waals surface area contributed by atoms with E-state index in [4.69, 9.17) is 0 Å². The number of fused-ring (bicyclic) bond motifs is 2. The number of hydrogen-bond acceptors (Lipinski definition) is 6. The van der Waals surface area contributed by atoms with Crippen LogP contribution in [-0.2, 0) is 6.54 Å². The molecule has 2 N–H and O–H groups in total. The SMILES string of the molecule is O=C(NC1CCC(CCCC(=O)c2cc(F)cnc2Nc2ccc3c(cnn3Cc3ccccc3)c2)CC1)c1cn2ccccc2n1. The standard InChI is InChI=1S/C37H36FN7O2/c38-28-20-31(36(39-22-28)41-30-16-17-33-27(19-30)21-40-45(33)23-26-7-2-1-3-8-26)34(46)10-6-9-25-12-14-29(15-13-25)42-37(47)32-24-44-18-5-4-11-35(44)43-32/h1-5,7-8,11,16-22,24-25,29H,6,9-10,12-15,23H2,(H,39,41)(H,42,47). The molecule has 10 heteroatoms. The number of Topliss-reactive ketones (excluding diaryl/α,β-unsaturated/α-hetero) is 1. The first-order chi connectivity index (χ1) is 23.0. The second-order valence-corrected chi connectivity index (χ2v) is 12.3. The number of ketones is 1. The zero-order valence-electron chi connectivity index (χ0n) is 26.0. The quantitative estimate of drug-likeness (QED) is 0.145. The Morgan fingerprint density at radius 1 is 0.936 bits per heavy atom. The molecule has 1 aliphatic carbocycles. The van der Waals surface area contributed by atoms with Crippen molar-refractivity contribution in [1.29, 1.82) is 0 Å². The lowest BCUT2D eigenvalue weighted by molar-refractivity contribution is 0.0912.